The van der Waals surface area contributed by atoms with Crippen LogP contribution in [0.2, 0.25) is 0 Å². The number of anilines is 1. The number of piperidine rings is 4. The number of aromatic nitrogens is 3. The molecule has 2 unspecified atom stereocenters. The summed E-state index contributed by atoms with van der Waals surface area (Å²) in [6, 6.07) is 23.5. The van der Waals surface area contributed by atoms with Crippen LogP contribution in [0.1, 0.15) is 86.5 Å². The van der Waals surface area contributed by atoms with Crippen molar-refractivity contribution in [3.05, 3.63) is 120 Å². The summed E-state index contributed by atoms with van der Waals surface area (Å²) in [5.74, 6) is 2.95. The Morgan fingerprint density at radius 3 is 1.51 bits per heavy atom. The first kappa shape index (κ1) is 54.7. The summed E-state index contributed by atoms with van der Waals surface area (Å²) in [5, 5.41) is 32.1. The van der Waals surface area contributed by atoms with Crippen LogP contribution in [0.25, 0.3) is 5.82 Å². The molecule has 4 aliphatic rings. The van der Waals surface area contributed by atoms with Crippen LogP contribution in [0, 0.1) is 22.7 Å². The fourth-order valence-corrected chi connectivity index (χ4v) is 9.23. The molecule has 5 aromatic rings. The van der Waals surface area contributed by atoms with E-state index in [1.165, 1.54) is 23.6 Å². The molecule has 4 bridgehead atoms. The van der Waals surface area contributed by atoms with E-state index in [0.717, 1.165) is 75.2 Å². The molecule has 4 saturated heterocycles. The standard InChI is InChI=1S/C22H22F3N3O3.C16H20N2O3.C13H13F3N3.ClH/c1-29-18-6-7-20(14(9-18)12-26)30-19-10-16-3-2-4-17(11-19)28(16)31-21-8-5-15(13-27-21)22(23,24)25;1-20-14-5-6-16(11(7-14)10-17)21-15-8-12-3-2-4-13(9-15)18(12)19;1-18(2)11-5-7-19(8-6-11)12-4-3-10(9-17-12)13(14,15)16;/h5-9,13,16-17,19H,2-4,10-11H2,1H3;5-7,12-13,15,19H,2-4,8-9H2,1H3;3-9H,1-2H3;1H/q;;+1;/p-1/t16-,17+,19?;12-,13+,15?;;. The number of pyridine rings is 3. The molecule has 3 aromatic heterocycles. The maximum Gasteiger partial charge on any atom is 0.420 e. The summed E-state index contributed by atoms with van der Waals surface area (Å²) in [6.07, 6.45) is 5.35. The normalized spacial score (nSPS) is 21.6. The average Bonchev–Trinajstić information content (AvgIpc) is 3.35. The summed E-state index contributed by atoms with van der Waals surface area (Å²) >= 11 is 0. The zero-order valence-corrected chi connectivity index (χ0v) is 40.7. The summed E-state index contributed by atoms with van der Waals surface area (Å²) in [4.78, 5) is 15.5. The number of nitrogens with zero attached hydrogens (tertiary/aromatic N) is 8. The fourth-order valence-electron chi connectivity index (χ4n) is 9.23. The van der Waals surface area contributed by atoms with Gasteiger partial charge in [0.25, 0.3) is 0 Å². The fraction of sp³-hybridized carbons (Fsp3) is 0.431. The first-order valence-electron chi connectivity index (χ1n) is 23.1. The van der Waals surface area contributed by atoms with E-state index in [1.54, 1.807) is 67.6 Å². The number of benzene rings is 2. The first-order chi connectivity index (χ1) is 34.0. The second-order valence-electron chi connectivity index (χ2n) is 17.8. The molecule has 1 N–H and O–H groups in total. The highest BCUT2D eigenvalue weighted by Crippen LogP contribution is 2.39. The van der Waals surface area contributed by atoms with Crippen molar-refractivity contribution in [2.24, 2.45) is 0 Å². The lowest BCUT2D eigenvalue weighted by Gasteiger charge is -2.46. The van der Waals surface area contributed by atoms with E-state index in [-0.39, 0.29) is 54.7 Å². The third-order valence-electron chi connectivity index (χ3n) is 12.9. The van der Waals surface area contributed by atoms with Gasteiger partial charge in [0.1, 0.15) is 47.3 Å². The molecular weight excluding hydrogens is 970 g/mol. The van der Waals surface area contributed by atoms with Crippen LogP contribution in [0.4, 0.5) is 32.0 Å². The van der Waals surface area contributed by atoms with Crippen molar-refractivity contribution in [2.75, 3.05) is 33.2 Å². The molecule has 2 aromatic carbocycles. The zero-order chi connectivity index (χ0) is 50.9. The molecule has 0 aliphatic carbocycles. The van der Waals surface area contributed by atoms with Crippen molar-refractivity contribution in [3.8, 4) is 46.8 Å². The minimum absolute atomic E-state index is 0. The number of nitriles is 2. The number of methoxy groups -OCH3 is 2. The number of hydroxylamine groups is 4. The Labute approximate surface area is 420 Å². The molecule has 6 atom stereocenters. The van der Waals surface area contributed by atoms with Gasteiger partial charge in [-0.25, -0.2) is 9.55 Å². The Morgan fingerprint density at radius 2 is 1.11 bits per heavy atom. The zero-order valence-electron chi connectivity index (χ0n) is 40.0. The minimum atomic E-state index is -4.43. The predicted octanol–water partition coefficient (Wildman–Crippen LogP) is 6.91. The molecule has 384 valence electrons. The van der Waals surface area contributed by atoms with E-state index in [2.05, 4.69) is 22.1 Å². The van der Waals surface area contributed by atoms with Crippen LogP contribution in [0.5, 0.6) is 28.9 Å². The van der Waals surface area contributed by atoms with Gasteiger partial charge in [0, 0.05) is 112 Å². The Morgan fingerprint density at radius 1 is 0.653 bits per heavy atom. The smallest absolute Gasteiger partial charge is 0.420 e. The van der Waals surface area contributed by atoms with E-state index in [4.69, 9.17) is 23.8 Å². The van der Waals surface area contributed by atoms with Crippen LogP contribution in [-0.4, -0.2) is 90.0 Å². The number of hydrogen-bond donors (Lipinski definition) is 1. The number of hydrogen-bond acceptors (Lipinski definition) is 13. The molecule has 0 amide bonds. The van der Waals surface area contributed by atoms with Gasteiger partial charge in [-0.1, -0.05) is 12.8 Å². The highest BCUT2D eigenvalue weighted by atomic mass is 35.5. The van der Waals surface area contributed by atoms with Crippen LogP contribution >= 0.6 is 0 Å². The molecule has 4 aliphatic heterocycles. The largest absolute Gasteiger partial charge is 1.00 e. The van der Waals surface area contributed by atoms with Gasteiger partial charge in [0.2, 0.25) is 5.88 Å². The number of rotatable bonds is 10. The van der Waals surface area contributed by atoms with Crippen molar-refractivity contribution in [2.45, 2.75) is 113 Å². The van der Waals surface area contributed by atoms with Crippen LogP contribution < -0.4 is 45.7 Å². The second-order valence-corrected chi connectivity index (χ2v) is 17.8. The maximum atomic E-state index is 12.8. The van der Waals surface area contributed by atoms with E-state index in [0.29, 0.717) is 52.8 Å². The molecule has 0 spiro atoms. The average molecular weight is 1030 g/mol. The van der Waals surface area contributed by atoms with Gasteiger partial charge < -0.3 is 46.3 Å². The molecule has 72 heavy (non-hydrogen) atoms. The maximum absolute atomic E-state index is 12.8. The number of alkyl halides is 6. The SMILES string of the molecule is CN(C)c1cc[n+](-c2ccc(C(F)(F)F)cn2)cc1.COc1ccc(OC2C[C@H]3CCC[C@@H](C2)N3O)c(C#N)c1.COc1ccc(OC2C[C@H]3CCC[C@@H](C2)N3Oc2ccc(C(F)(F)F)cn2)c(C#N)c1.[Cl-]. The van der Waals surface area contributed by atoms with Crippen molar-refractivity contribution < 1.29 is 72.3 Å². The van der Waals surface area contributed by atoms with Crippen molar-refractivity contribution in [1.29, 1.82) is 10.5 Å². The Bertz CT molecular complexity index is 2610. The van der Waals surface area contributed by atoms with Gasteiger partial charge in [-0.05, 0) is 67.1 Å². The van der Waals surface area contributed by atoms with Gasteiger partial charge in [0.05, 0.1) is 48.9 Å². The molecule has 7 heterocycles. The predicted molar refractivity (Wildman–Crippen MR) is 246 cm³/mol. The topological polar surface area (TPSA) is 153 Å². The molecule has 9 rings (SSSR count). The lowest BCUT2D eigenvalue weighted by molar-refractivity contribution is -0.599. The Balaban J connectivity index is 0.000000182. The third kappa shape index (κ3) is 13.9. The molecule has 21 heteroatoms. The van der Waals surface area contributed by atoms with Gasteiger partial charge in [-0.2, -0.15) is 41.9 Å². The number of fused-ring (bicyclic) bond motifs is 4. The molecule has 4 fully saturated rings. The molecule has 14 nitrogen and oxygen atoms in total. The summed E-state index contributed by atoms with van der Waals surface area (Å²) in [5.41, 5.74) is 0.355. The lowest BCUT2D eigenvalue weighted by Crippen LogP contribution is -3.00. The summed E-state index contributed by atoms with van der Waals surface area (Å²) in [6.45, 7) is 0. The van der Waals surface area contributed by atoms with Crippen molar-refractivity contribution in [3.63, 3.8) is 0 Å². The van der Waals surface area contributed by atoms with E-state index >= 15 is 0 Å². The number of halogens is 7. The van der Waals surface area contributed by atoms with Crippen LogP contribution in [0.3, 0.4) is 0 Å². The van der Waals surface area contributed by atoms with Gasteiger partial charge >= 0.3 is 18.2 Å². The number of ether oxygens (including phenoxy) is 4. The molecule has 0 radical (unpaired) electrons. The third-order valence-corrected chi connectivity index (χ3v) is 12.9. The highest BCUT2D eigenvalue weighted by Gasteiger charge is 2.42. The minimum Gasteiger partial charge on any atom is -1.00 e. The summed E-state index contributed by atoms with van der Waals surface area (Å²) < 4.78 is 99.7. The highest BCUT2D eigenvalue weighted by molar-refractivity contribution is 5.49. The monoisotopic (exact) mass is 1020 g/mol. The van der Waals surface area contributed by atoms with Crippen molar-refractivity contribution in [1.82, 2.24) is 20.1 Å². The Kier molecular flexibility index (Phi) is 18.4. The van der Waals surface area contributed by atoms with Crippen LogP contribution in [-0.2, 0) is 12.4 Å². The van der Waals surface area contributed by atoms with Crippen molar-refractivity contribution >= 4 is 5.69 Å². The summed E-state index contributed by atoms with van der Waals surface area (Å²) in [7, 11) is 6.95. The molecular formula is C51H55ClF6N8O6. The van der Waals surface area contributed by atoms with Gasteiger partial charge in [-0.3, -0.25) is 0 Å². The first-order valence-corrected chi connectivity index (χ1v) is 23.1. The molecule has 0 saturated carbocycles. The second kappa shape index (κ2) is 24.2. The van der Waals surface area contributed by atoms with E-state index < -0.39 is 23.5 Å². The van der Waals surface area contributed by atoms with Gasteiger partial charge in [-0.15, -0.1) is 5.06 Å². The lowest BCUT2D eigenvalue weighted by atomic mass is 9.84. The van der Waals surface area contributed by atoms with E-state index in [1.807, 2.05) is 36.2 Å². The van der Waals surface area contributed by atoms with E-state index in [9.17, 15) is 42.1 Å². The Hall–Kier alpha value is -6.58. The van der Waals surface area contributed by atoms with Gasteiger partial charge in [0.15, 0.2) is 6.20 Å². The van der Waals surface area contributed by atoms with Crippen LogP contribution in [0.15, 0.2) is 97.6 Å². The quantitative estimate of drug-likeness (QED) is 0.114.